The number of nitrogens with zero attached hydrogens (tertiary/aromatic N) is 1. The van der Waals surface area contributed by atoms with E-state index in [0.29, 0.717) is 5.92 Å². The van der Waals surface area contributed by atoms with Crippen LogP contribution < -0.4 is 14.8 Å². The predicted octanol–water partition coefficient (Wildman–Crippen LogP) is 2.69. The summed E-state index contributed by atoms with van der Waals surface area (Å²) in [5.41, 5.74) is 1.04. The maximum absolute atomic E-state index is 11.3. The Kier molecular flexibility index (Phi) is 4.89. The van der Waals surface area contributed by atoms with Gasteiger partial charge in [-0.1, -0.05) is 0 Å². The van der Waals surface area contributed by atoms with Crippen LogP contribution in [0.2, 0.25) is 0 Å². The van der Waals surface area contributed by atoms with Gasteiger partial charge in [0.2, 0.25) is 10.0 Å². The second-order valence-corrected chi connectivity index (χ2v) is 8.18. The highest BCUT2D eigenvalue weighted by molar-refractivity contribution is 7.89. The second-order valence-electron chi connectivity index (χ2n) is 5.71. The molecule has 0 spiro atoms. The van der Waals surface area contributed by atoms with Crippen LogP contribution in [0.3, 0.4) is 0 Å². The topological polar surface area (TPSA) is 72.6 Å². The molecule has 23 heavy (non-hydrogen) atoms. The molecule has 1 aromatic carbocycles. The summed E-state index contributed by atoms with van der Waals surface area (Å²) in [6, 6.07) is 10.8. The number of nitrogens with two attached hydrogens (primary N) is 1. The first kappa shape index (κ1) is 16.3. The van der Waals surface area contributed by atoms with E-state index in [2.05, 4.69) is 4.90 Å². The summed E-state index contributed by atoms with van der Waals surface area (Å²) < 4.78 is 28.4. The van der Waals surface area contributed by atoms with Crippen molar-refractivity contribution in [1.82, 2.24) is 0 Å². The van der Waals surface area contributed by atoms with Gasteiger partial charge in [0.1, 0.15) is 0 Å². The van der Waals surface area contributed by atoms with Gasteiger partial charge in [-0.25, -0.2) is 13.6 Å². The molecule has 0 bridgehead atoms. The van der Waals surface area contributed by atoms with Gasteiger partial charge < -0.3 is 9.64 Å². The Labute approximate surface area is 140 Å². The standard InChI is InChI=1S/C16H20N2O3S2/c17-23(19,20)15-5-3-14(4-6-15)18-9-7-13(8-10-18)12-21-16-2-1-11-22-16/h1-6,11,13H,7-10,12H2,(H2,17,19,20). The van der Waals surface area contributed by atoms with Crippen LogP contribution in [0.1, 0.15) is 12.8 Å². The minimum atomic E-state index is -3.62. The van der Waals surface area contributed by atoms with Crippen LogP contribution in [0.4, 0.5) is 5.69 Å². The fourth-order valence-corrected chi connectivity index (χ4v) is 3.85. The average molecular weight is 352 g/mol. The fraction of sp³-hybridized carbons (Fsp3) is 0.375. The highest BCUT2D eigenvalue weighted by atomic mass is 32.2. The van der Waals surface area contributed by atoms with Gasteiger partial charge in [0, 0.05) is 18.8 Å². The summed E-state index contributed by atoms with van der Waals surface area (Å²) in [6.07, 6.45) is 2.14. The lowest BCUT2D eigenvalue weighted by Crippen LogP contribution is -2.35. The zero-order valence-corrected chi connectivity index (χ0v) is 14.4. The Morgan fingerprint density at radius 2 is 1.87 bits per heavy atom. The quantitative estimate of drug-likeness (QED) is 0.898. The molecule has 1 fully saturated rings. The molecule has 5 nitrogen and oxygen atoms in total. The molecular formula is C16H20N2O3S2. The summed E-state index contributed by atoms with van der Waals surface area (Å²) in [6.45, 7) is 2.67. The lowest BCUT2D eigenvalue weighted by atomic mass is 9.97. The van der Waals surface area contributed by atoms with Crippen molar-refractivity contribution in [2.45, 2.75) is 17.7 Å². The summed E-state index contributed by atoms with van der Waals surface area (Å²) in [4.78, 5) is 2.43. The minimum Gasteiger partial charge on any atom is -0.484 e. The van der Waals surface area contributed by atoms with Gasteiger partial charge in [0.25, 0.3) is 0 Å². The Morgan fingerprint density at radius 3 is 2.43 bits per heavy atom. The van der Waals surface area contributed by atoms with Gasteiger partial charge in [-0.3, -0.25) is 0 Å². The van der Waals surface area contributed by atoms with E-state index in [1.807, 2.05) is 29.6 Å². The molecule has 2 heterocycles. The Hall–Kier alpha value is -1.57. The van der Waals surface area contributed by atoms with Crippen LogP contribution >= 0.6 is 11.3 Å². The van der Waals surface area contributed by atoms with E-state index in [0.717, 1.165) is 43.3 Å². The molecule has 0 radical (unpaired) electrons. The van der Waals surface area contributed by atoms with Crippen LogP contribution in [-0.2, 0) is 10.0 Å². The van der Waals surface area contributed by atoms with Crippen molar-refractivity contribution in [3.05, 3.63) is 41.8 Å². The number of primary sulfonamides is 1. The number of thiophene rings is 1. The molecule has 0 saturated carbocycles. The van der Waals surface area contributed by atoms with Crippen LogP contribution in [0.25, 0.3) is 0 Å². The maximum atomic E-state index is 11.3. The maximum Gasteiger partial charge on any atom is 0.238 e. The van der Waals surface area contributed by atoms with Crippen molar-refractivity contribution < 1.29 is 13.2 Å². The highest BCUT2D eigenvalue weighted by Crippen LogP contribution is 2.26. The Balaban J connectivity index is 1.52. The van der Waals surface area contributed by atoms with Crippen molar-refractivity contribution in [3.63, 3.8) is 0 Å². The number of hydrogen-bond acceptors (Lipinski definition) is 5. The lowest BCUT2D eigenvalue weighted by Gasteiger charge is -2.33. The summed E-state index contributed by atoms with van der Waals surface area (Å²) in [7, 11) is -3.62. The number of hydrogen-bond donors (Lipinski definition) is 1. The van der Waals surface area contributed by atoms with Crippen LogP contribution in [0.5, 0.6) is 5.06 Å². The van der Waals surface area contributed by atoms with Crippen LogP contribution in [-0.4, -0.2) is 28.1 Å². The second kappa shape index (κ2) is 6.90. The van der Waals surface area contributed by atoms with Crippen molar-refractivity contribution >= 4 is 27.0 Å². The number of sulfonamides is 1. The predicted molar refractivity (Wildman–Crippen MR) is 92.6 cm³/mol. The van der Waals surface area contributed by atoms with Crippen molar-refractivity contribution in [3.8, 4) is 5.06 Å². The molecule has 1 aliphatic rings. The summed E-state index contributed by atoms with van der Waals surface area (Å²) >= 11 is 1.62. The highest BCUT2D eigenvalue weighted by Gasteiger charge is 2.20. The SMILES string of the molecule is NS(=O)(=O)c1ccc(N2CCC(COc3cccs3)CC2)cc1. The van der Waals surface area contributed by atoms with E-state index in [1.54, 1.807) is 23.5 Å². The van der Waals surface area contributed by atoms with Gasteiger partial charge >= 0.3 is 0 Å². The van der Waals surface area contributed by atoms with E-state index in [1.165, 1.54) is 0 Å². The molecule has 2 N–H and O–H groups in total. The monoisotopic (exact) mass is 352 g/mol. The average Bonchev–Trinajstić information content (AvgIpc) is 3.06. The molecule has 124 valence electrons. The van der Waals surface area contributed by atoms with Gasteiger partial charge in [-0.15, -0.1) is 11.3 Å². The van der Waals surface area contributed by atoms with E-state index in [-0.39, 0.29) is 4.90 Å². The smallest absolute Gasteiger partial charge is 0.238 e. The van der Waals surface area contributed by atoms with Crippen molar-refractivity contribution in [2.75, 3.05) is 24.6 Å². The van der Waals surface area contributed by atoms with Crippen LogP contribution in [0.15, 0.2) is 46.7 Å². The number of piperidine rings is 1. The van der Waals surface area contributed by atoms with Gasteiger partial charge in [-0.2, -0.15) is 0 Å². The molecule has 7 heteroatoms. The molecule has 1 aliphatic heterocycles. The third-order valence-electron chi connectivity index (χ3n) is 4.10. The Bertz CT molecular complexity index is 719. The van der Waals surface area contributed by atoms with E-state index < -0.39 is 10.0 Å². The molecule has 1 saturated heterocycles. The molecule has 0 unspecified atom stereocenters. The minimum absolute atomic E-state index is 0.153. The first-order valence-electron chi connectivity index (χ1n) is 7.56. The third kappa shape index (κ3) is 4.25. The lowest BCUT2D eigenvalue weighted by molar-refractivity contribution is 0.228. The first-order chi connectivity index (χ1) is 11.0. The molecule has 0 amide bonds. The van der Waals surface area contributed by atoms with Crippen LogP contribution in [0, 0.1) is 5.92 Å². The molecule has 0 atom stereocenters. The zero-order chi connectivity index (χ0) is 16.3. The zero-order valence-electron chi connectivity index (χ0n) is 12.7. The van der Waals surface area contributed by atoms with Crippen molar-refractivity contribution in [1.29, 1.82) is 0 Å². The Morgan fingerprint density at radius 1 is 1.17 bits per heavy atom. The van der Waals surface area contributed by atoms with Gasteiger partial charge in [0.05, 0.1) is 11.5 Å². The largest absolute Gasteiger partial charge is 0.484 e. The molecule has 3 rings (SSSR count). The number of rotatable bonds is 5. The number of benzene rings is 1. The number of anilines is 1. The summed E-state index contributed by atoms with van der Waals surface area (Å²) in [5, 5.41) is 8.12. The van der Waals surface area contributed by atoms with E-state index in [9.17, 15) is 8.42 Å². The molecule has 0 aliphatic carbocycles. The number of ether oxygens (including phenoxy) is 1. The van der Waals surface area contributed by atoms with E-state index in [4.69, 9.17) is 9.88 Å². The third-order valence-corrected chi connectivity index (χ3v) is 5.81. The molecule has 2 aromatic rings. The van der Waals surface area contributed by atoms with Gasteiger partial charge in [-0.05, 0) is 60.5 Å². The first-order valence-corrected chi connectivity index (χ1v) is 9.99. The van der Waals surface area contributed by atoms with Gasteiger partial charge in [0.15, 0.2) is 5.06 Å². The fourth-order valence-electron chi connectivity index (χ4n) is 2.75. The summed E-state index contributed by atoms with van der Waals surface area (Å²) in [5.74, 6) is 0.567. The van der Waals surface area contributed by atoms with Crippen molar-refractivity contribution in [2.24, 2.45) is 11.1 Å². The molecular weight excluding hydrogens is 332 g/mol. The molecule has 1 aromatic heterocycles. The normalized spacial score (nSPS) is 16.5. The van der Waals surface area contributed by atoms with E-state index >= 15 is 0 Å².